The van der Waals surface area contributed by atoms with Crippen LogP contribution in [0.3, 0.4) is 0 Å². The Morgan fingerprint density at radius 2 is 2.00 bits per heavy atom. The fourth-order valence-electron chi connectivity index (χ4n) is 3.95. The number of hydrogen-bond donors (Lipinski definition) is 5. The van der Waals surface area contributed by atoms with Gasteiger partial charge in [-0.1, -0.05) is 6.92 Å². The predicted molar refractivity (Wildman–Crippen MR) is 117 cm³/mol. The molecule has 3 aliphatic rings. The van der Waals surface area contributed by atoms with Gasteiger partial charge in [0.05, 0.1) is 5.56 Å². The molecule has 5 N–H and O–H groups in total. The summed E-state index contributed by atoms with van der Waals surface area (Å²) in [5.41, 5.74) is 3.77. The third-order valence-electron chi connectivity index (χ3n) is 5.97. The molecule has 31 heavy (non-hydrogen) atoms. The minimum atomic E-state index is -0.661. The second-order valence-corrected chi connectivity index (χ2v) is 9.71. The van der Waals surface area contributed by atoms with Crippen molar-refractivity contribution in [2.24, 2.45) is 11.8 Å². The highest BCUT2D eigenvalue weighted by Gasteiger charge is 2.34. The van der Waals surface area contributed by atoms with Crippen LogP contribution in [0.5, 0.6) is 0 Å². The molecule has 0 saturated heterocycles. The lowest BCUT2D eigenvalue weighted by molar-refractivity contribution is -0.553. The third-order valence-corrected chi connectivity index (χ3v) is 7.17. The summed E-state index contributed by atoms with van der Waals surface area (Å²) in [6.45, 7) is 3.11. The van der Waals surface area contributed by atoms with Crippen molar-refractivity contribution in [2.45, 2.75) is 64.2 Å². The first kappa shape index (κ1) is 22.0. The normalized spacial score (nSPS) is 21.1. The van der Waals surface area contributed by atoms with E-state index in [2.05, 4.69) is 26.7 Å². The topological polar surface area (TPSA) is 137 Å². The molecule has 0 radical (unpaired) electrons. The number of anilines is 1. The van der Waals surface area contributed by atoms with Gasteiger partial charge in [0, 0.05) is 23.4 Å². The van der Waals surface area contributed by atoms with Crippen LogP contribution in [0, 0.1) is 22.0 Å². The van der Waals surface area contributed by atoms with E-state index in [1.54, 1.807) is 0 Å². The molecule has 0 aromatic carbocycles. The highest BCUT2D eigenvalue weighted by atomic mass is 32.1. The largest absolute Gasteiger partial charge is 0.352 e. The van der Waals surface area contributed by atoms with Gasteiger partial charge in [0.1, 0.15) is 5.00 Å². The van der Waals surface area contributed by atoms with Gasteiger partial charge in [0.2, 0.25) is 5.91 Å². The number of nitrogens with zero attached hydrogens (tertiary/aromatic N) is 1. The van der Waals surface area contributed by atoms with E-state index in [-0.39, 0.29) is 23.8 Å². The average Bonchev–Trinajstić information content (AvgIpc) is 3.62. The van der Waals surface area contributed by atoms with Crippen LogP contribution in [0.25, 0.3) is 0 Å². The SMILES string of the molecule is CCNC(NC1CCc2sc(NC(=O)C3CC3)c(C(=O)NCC3CC3)c2C1)N[N+](=O)[O-]. The third kappa shape index (κ3) is 5.72. The quantitative estimate of drug-likeness (QED) is 0.195. The van der Waals surface area contributed by atoms with Gasteiger partial charge in [-0.25, -0.2) is 10.1 Å². The number of hydrogen-bond acceptors (Lipinski definition) is 7. The lowest BCUT2D eigenvalue weighted by atomic mass is 9.91. The molecule has 1 aromatic heterocycles. The van der Waals surface area contributed by atoms with Gasteiger partial charge >= 0.3 is 0 Å². The summed E-state index contributed by atoms with van der Waals surface area (Å²) in [7, 11) is 0. The number of nitrogens with one attached hydrogen (secondary N) is 5. The van der Waals surface area contributed by atoms with Crippen molar-refractivity contribution in [3.8, 4) is 0 Å². The zero-order chi connectivity index (χ0) is 22.0. The zero-order valence-corrected chi connectivity index (χ0v) is 18.5. The van der Waals surface area contributed by atoms with E-state index in [4.69, 9.17) is 0 Å². The van der Waals surface area contributed by atoms with Gasteiger partial charge in [0.25, 0.3) is 5.91 Å². The number of thiophene rings is 1. The van der Waals surface area contributed by atoms with Gasteiger partial charge in [-0.3, -0.25) is 20.2 Å². The lowest BCUT2D eigenvalue weighted by Crippen LogP contribution is -2.58. The van der Waals surface area contributed by atoms with Crippen molar-refractivity contribution < 1.29 is 14.6 Å². The molecule has 3 aliphatic carbocycles. The summed E-state index contributed by atoms with van der Waals surface area (Å²) in [4.78, 5) is 37.5. The summed E-state index contributed by atoms with van der Waals surface area (Å²) >= 11 is 1.50. The number of hydrazine groups is 1. The van der Waals surface area contributed by atoms with E-state index >= 15 is 0 Å². The van der Waals surface area contributed by atoms with Gasteiger partial charge in [0.15, 0.2) is 11.3 Å². The van der Waals surface area contributed by atoms with Gasteiger partial charge in [-0.05, 0) is 63.0 Å². The van der Waals surface area contributed by atoms with E-state index in [0.717, 1.165) is 49.0 Å². The number of carbonyl (C=O) groups is 2. The van der Waals surface area contributed by atoms with Crippen molar-refractivity contribution in [3.05, 3.63) is 26.1 Å². The summed E-state index contributed by atoms with van der Waals surface area (Å²) in [6, 6.07) is -0.0273. The molecule has 11 heteroatoms. The van der Waals surface area contributed by atoms with Crippen molar-refractivity contribution in [1.29, 1.82) is 0 Å². The molecule has 2 atom stereocenters. The molecule has 0 spiro atoms. The van der Waals surface area contributed by atoms with Crippen LogP contribution in [0.1, 0.15) is 59.8 Å². The predicted octanol–water partition coefficient (Wildman–Crippen LogP) is 1.36. The molecule has 170 valence electrons. The Hall–Kier alpha value is -2.24. The highest BCUT2D eigenvalue weighted by molar-refractivity contribution is 7.17. The molecule has 4 rings (SSSR count). The molecule has 1 heterocycles. The highest BCUT2D eigenvalue weighted by Crippen LogP contribution is 2.40. The minimum Gasteiger partial charge on any atom is -0.352 e. The maximum absolute atomic E-state index is 13.1. The first-order chi connectivity index (χ1) is 14.9. The van der Waals surface area contributed by atoms with Crippen LogP contribution in [0.15, 0.2) is 0 Å². The molecule has 2 amide bonds. The van der Waals surface area contributed by atoms with E-state index in [1.807, 2.05) is 6.92 Å². The van der Waals surface area contributed by atoms with Crippen LogP contribution in [0.4, 0.5) is 5.00 Å². The van der Waals surface area contributed by atoms with Crippen molar-refractivity contribution in [3.63, 3.8) is 0 Å². The number of rotatable bonds is 11. The zero-order valence-electron chi connectivity index (χ0n) is 17.7. The molecule has 0 aliphatic heterocycles. The molecule has 1 aromatic rings. The van der Waals surface area contributed by atoms with E-state index in [1.165, 1.54) is 11.3 Å². The Morgan fingerprint density at radius 3 is 2.65 bits per heavy atom. The number of aryl methyl sites for hydroxylation is 1. The monoisotopic (exact) mass is 450 g/mol. The Kier molecular flexibility index (Phi) is 6.73. The lowest BCUT2D eigenvalue weighted by Gasteiger charge is -2.27. The molecule has 0 bridgehead atoms. The minimum absolute atomic E-state index is 0.00749. The Bertz CT molecular complexity index is 851. The molecule has 2 fully saturated rings. The van der Waals surface area contributed by atoms with Crippen LogP contribution >= 0.6 is 11.3 Å². The molecule has 10 nitrogen and oxygen atoms in total. The van der Waals surface area contributed by atoms with Crippen molar-refractivity contribution >= 4 is 28.2 Å². The second-order valence-electron chi connectivity index (χ2n) is 8.61. The number of fused-ring (bicyclic) bond motifs is 1. The molecule has 2 unspecified atom stereocenters. The summed E-state index contributed by atoms with van der Waals surface area (Å²) in [5.74, 6) is 0.478. The van der Waals surface area contributed by atoms with E-state index < -0.39 is 11.3 Å². The van der Waals surface area contributed by atoms with Gasteiger partial charge in [-0.15, -0.1) is 16.8 Å². The van der Waals surface area contributed by atoms with E-state index in [9.17, 15) is 19.7 Å². The summed E-state index contributed by atoms with van der Waals surface area (Å²) in [6.07, 6.45) is 5.58. The maximum Gasteiger partial charge on any atom is 0.254 e. The summed E-state index contributed by atoms with van der Waals surface area (Å²) < 4.78 is 0. The van der Waals surface area contributed by atoms with Crippen molar-refractivity contribution in [1.82, 2.24) is 21.4 Å². The average molecular weight is 451 g/mol. The van der Waals surface area contributed by atoms with Gasteiger partial charge in [-0.2, -0.15) is 0 Å². The first-order valence-electron chi connectivity index (χ1n) is 11.1. The molecule has 2 saturated carbocycles. The first-order valence-corrected chi connectivity index (χ1v) is 11.9. The van der Waals surface area contributed by atoms with Crippen LogP contribution in [0.2, 0.25) is 0 Å². The fourth-order valence-corrected chi connectivity index (χ4v) is 5.19. The van der Waals surface area contributed by atoms with Gasteiger partial charge < -0.3 is 10.6 Å². The second kappa shape index (κ2) is 9.49. The van der Waals surface area contributed by atoms with Crippen LogP contribution < -0.4 is 26.7 Å². The standard InChI is InChI=1S/C20H30N6O4S/c1-2-21-20(25-26(29)30)23-13-7-8-15-14(9-13)16(18(28)22-10-11-3-4-11)19(31-15)24-17(27)12-5-6-12/h11-13,20-21,23,25H,2-10H2,1H3,(H,22,28)(H,24,27). The number of carbonyl (C=O) groups excluding carboxylic acids is 2. The number of amides is 2. The summed E-state index contributed by atoms with van der Waals surface area (Å²) in [5, 5.41) is 23.3. The van der Waals surface area contributed by atoms with Crippen molar-refractivity contribution in [2.75, 3.05) is 18.4 Å². The molecular weight excluding hydrogens is 420 g/mol. The smallest absolute Gasteiger partial charge is 0.254 e. The van der Waals surface area contributed by atoms with E-state index in [0.29, 0.717) is 36.0 Å². The fraction of sp³-hybridized carbons (Fsp3) is 0.700. The Balaban J connectivity index is 1.51. The maximum atomic E-state index is 13.1. The van der Waals surface area contributed by atoms with Crippen LogP contribution in [-0.2, 0) is 17.6 Å². The Labute approximate surface area is 185 Å². The van der Waals surface area contributed by atoms with Crippen LogP contribution in [-0.4, -0.2) is 42.3 Å². The number of nitro groups is 1. The Morgan fingerprint density at radius 1 is 1.23 bits per heavy atom. The molecular formula is C20H30N6O4S.